The molecule has 6 heteroatoms. The van der Waals surface area contributed by atoms with E-state index in [1.54, 1.807) is 0 Å². The zero-order chi connectivity index (χ0) is 17.6. The first-order chi connectivity index (χ1) is 12.7. The molecule has 2 fully saturated rings. The topological polar surface area (TPSA) is 59.2 Å². The number of aromatic amines is 1. The van der Waals surface area contributed by atoms with Crippen molar-refractivity contribution in [2.75, 3.05) is 13.2 Å². The van der Waals surface area contributed by atoms with Crippen molar-refractivity contribution in [1.29, 1.82) is 0 Å². The number of halogens is 1. The summed E-state index contributed by atoms with van der Waals surface area (Å²) in [5.41, 5.74) is 3.29. The number of imidazole rings is 1. The minimum atomic E-state index is -0.538. The number of rotatable bonds is 3. The summed E-state index contributed by atoms with van der Waals surface area (Å²) in [4.78, 5) is 8.15. The lowest BCUT2D eigenvalue weighted by atomic mass is 10.1. The lowest BCUT2D eigenvalue weighted by Crippen LogP contribution is -2.33. The van der Waals surface area contributed by atoms with Crippen LogP contribution in [0.1, 0.15) is 23.9 Å². The van der Waals surface area contributed by atoms with E-state index in [2.05, 4.69) is 56.6 Å². The molecule has 3 heterocycles. The van der Waals surface area contributed by atoms with E-state index in [9.17, 15) is 0 Å². The van der Waals surface area contributed by atoms with Gasteiger partial charge in [0.25, 0.3) is 0 Å². The molecule has 1 aromatic heterocycles. The van der Waals surface area contributed by atoms with Crippen molar-refractivity contribution in [2.45, 2.75) is 30.8 Å². The number of fused-ring (bicyclic) bond motifs is 1. The summed E-state index contributed by atoms with van der Waals surface area (Å²) in [6.45, 7) is 1.32. The van der Waals surface area contributed by atoms with E-state index in [0.29, 0.717) is 13.2 Å². The quantitative estimate of drug-likeness (QED) is 0.686. The van der Waals surface area contributed by atoms with E-state index in [0.717, 1.165) is 34.2 Å². The first-order valence-electron chi connectivity index (χ1n) is 8.93. The second-order valence-electron chi connectivity index (χ2n) is 7.07. The Bertz CT molecular complexity index is 929. The minimum absolute atomic E-state index is 0.101. The minimum Gasteiger partial charge on any atom is -0.346 e. The van der Waals surface area contributed by atoms with Gasteiger partial charge in [-0.15, -0.1) is 0 Å². The number of aromatic nitrogens is 2. The van der Waals surface area contributed by atoms with Crippen LogP contribution in [0.2, 0.25) is 0 Å². The van der Waals surface area contributed by atoms with E-state index < -0.39 is 5.79 Å². The summed E-state index contributed by atoms with van der Waals surface area (Å²) in [6.07, 6.45) is 1.75. The van der Waals surface area contributed by atoms with E-state index >= 15 is 0 Å². The van der Waals surface area contributed by atoms with Gasteiger partial charge in [-0.1, -0.05) is 46.3 Å². The highest BCUT2D eigenvalue weighted by Gasteiger charge is 2.48. The number of ether oxygens (including phenoxy) is 2. The molecule has 2 unspecified atom stereocenters. The molecule has 5 nitrogen and oxygen atoms in total. The van der Waals surface area contributed by atoms with Gasteiger partial charge in [-0.3, -0.25) is 0 Å². The molecule has 134 valence electrons. The van der Waals surface area contributed by atoms with Crippen LogP contribution in [-0.2, 0) is 15.9 Å². The maximum Gasteiger partial charge on any atom is 0.183 e. The smallest absolute Gasteiger partial charge is 0.183 e. The first kappa shape index (κ1) is 16.4. The predicted octanol–water partition coefficient (Wildman–Crippen LogP) is 3.71. The van der Waals surface area contributed by atoms with Crippen molar-refractivity contribution < 1.29 is 9.47 Å². The molecule has 0 amide bonds. The third-order valence-corrected chi connectivity index (χ3v) is 5.64. The monoisotopic (exact) mass is 413 g/mol. The van der Waals surface area contributed by atoms with Crippen molar-refractivity contribution >= 4 is 27.0 Å². The van der Waals surface area contributed by atoms with Gasteiger partial charge in [0.05, 0.1) is 36.3 Å². The molecular formula is C20H20BrN3O2. The lowest BCUT2D eigenvalue weighted by molar-refractivity contribution is -0.152. The number of nitrogens with one attached hydrogen (secondary N) is 2. The maximum absolute atomic E-state index is 6.32. The molecule has 0 radical (unpaired) electrons. The Kier molecular flexibility index (Phi) is 4.09. The SMILES string of the molecule is Brc1ccc2nc(C3CC4(CN3)OC[C@H](Cc3ccccc3)O4)[nH]c2c1. The molecule has 0 bridgehead atoms. The molecule has 5 rings (SSSR count). The van der Waals surface area contributed by atoms with Crippen LogP contribution < -0.4 is 5.32 Å². The Morgan fingerprint density at radius 3 is 2.96 bits per heavy atom. The van der Waals surface area contributed by atoms with Crippen LogP contribution in [0.5, 0.6) is 0 Å². The number of H-pyrrole nitrogens is 1. The van der Waals surface area contributed by atoms with Crippen LogP contribution in [0.25, 0.3) is 11.0 Å². The van der Waals surface area contributed by atoms with Gasteiger partial charge in [0.1, 0.15) is 5.82 Å². The Hall–Kier alpha value is -1.73. The second-order valence-corrected chi connectivity index (χ2v) is 7.99. The van der Waals surface area contributed by atoms with Crippen molar-refractivity contribution in [3.05, 3.63) is 64.4 Å². The van der Waals surface area contributed by atoms with Crippen LogP contribution in [-0.4, -0.2) is 35.0 Å². The Balaban J connectivity index is 1.29. The van der Waals surface area contributed by atoms with Gasteiger partial charge in [0, 0.05) is 17.3 Å². The number of hydrogen-bond donors (Lipinski definition) is 2. The third kappa shape index (κ3) is 3.07. The van der Waals surface area contributed by atoms with Crippen LogP contribution in [0, 0.1) is 0 Å². The van der Waals surface area contributed by atoms with Crippen molar-refractivity contribution in [1.82, 2.24) is 15.3 Å². The van der Waals surface area contributed by atoms with Gasteiger partial charge < -0.3 is 19.8 Å². The summed E-state index contributed by atoms with van der Waals surface area (Å²) in [7, 11) is 0. The van der Waals surface area contributed by atoms with E-state index in [4.69, 9.17) is 14.5 Å². The van der Waals surface area contributed by atoms with Gasteiger partial charge in [-0.2, -0.15) is 0 Å². The third-order valence-electron chi connectivity index (χ3n) is 5.15. The summed E-state index contributed by atoms with van der Waals surface area (Å²) in [6, 6.07) is 16.6. The molecule has 3 aromatic rings. The predicted molar refractivity (Wildman–Crippen MR) is 103 cm³/mol. The Morgan fingerprint density at radius 1 is 1.19 bits per heavy atom. The molecule has 0 aliphatic carbocycles. The van der Waals surface area contributed by atoms with Crippen molar-refractivity contribution in [2.24, 2.45) is 0 Å². The summed E-state index contributed by atoms with van der Waals surface area (Å²) >= 11 is 3.50. The second kappa shape index (κ2) is 6.46. The summed E-state index contributed by atoms with van der Waals surface area (Å²) < 4.78 is 13.5. The van der Waals surface area contributed by atoms with Crippen LogP contribution in [0.4, 0.5) is 0 Å². The zero-order valence-electron chi connectivity index (χ0n) is 14.2. The van der Waals surface area contributed by atoms with Crippen LogP contribution in [0.15, 0.2) is 53.0 Å². The zero-order valence-corrected chi connectivity index (χ0v) is 15.8. The summed E-state index contributed by atoms with van der Waals surface area (Å²) in [5.74, 6) is 0.401. The fourth-order valence-corrected chi connectivity index (χ4v) is 4.25. The highest BCUT2D eigenvalue weighted by Crippen LogP contribution is 2.38. The molecule has 0 saturated carbocycles. The largest absolute Gasteiger partial charge is 0.346 e. The lowest BCUT2D eigenvalue weighted by Gasteiger charge is -2.21. The van der Waals surface area contributed by atoms with Crippen LogP contribution >= 0.6 is 15.9 Å². The van der Waals surface area contributed by atoms with Gasteiger partial charge in [0.2, 0.25) is 0 Å². The Morgan fingerprint density at radius 2 is 2.08 bits per heavy atom. The van der Waals surface area contributed by atoms with Gasteiger partial charge in [-0.05, 0) is 23.8 Å². The Labute approximate surface area is 160 Å². The first-order valence-corrected chi connectivity index (χ1v) is 9.73. The number of benzene rings is 2. The molecule has 2 N–H and O–H groups in total. The molecular weight excluding hydrogens is 394 g/mol. The standard InChI is InChI=1S/C20H20BrN3O2/c21-14-6-7-16-17(9-14)24-19(23-16)18-10-20(12-22-18)25-11-15(26-20)8-13-4-2-1-3-5-13/h1-7,9,15,18,22H,8,10-12H2,(H,23,24)/t15-,18?,20?/m0/s1. The molecule has 2 aromatic carbocycles. The van der Waals surface area contributed by atoms with E-state index in [1.807, 2.05) is 18.2 Å². The van der Waals surface area contributed by atoms with Gasteiger partial charge in [0.15, 0.2) is 5.79 Å². The summed E-state index contributed by atoms with van der Waals surface area (Å²) in [5, 5.41) is 3.51. The van der Waals surface area contributed by atoms with Crippen LogP contribution in [0.3, 0.4) is 0 Å². The van der Waals surface area contributed by atoms with Gasteiger partial charge in [-0.25, -0.2) is 4.98 Å². The highest BCUT2D eigenvalue weighted by molar-refractivity contribution is 9.10. The molecule has 3 atom stereocenters. The molecule has 1 spiro atoms. The average Bonchev–Trinajstić information content (AvgIpc) is 3.35. The van der Waals surface area contributed by atoms with Crippen molar-refractivity contribution in [3.8, 4) is 0 Å². The normalized spacial score (nSPS) is 28.3. The van der Waals surface area contributed by atoms with Gasteiger partial charge >= 0.3 is 0 Å². The number of hydrogen-bond acceptors (Lipinski definition) is 4. The van der Waals surface area contributed by atoms with E-state index in [-0.39, 0.29) is 12.1 Å². The average molecular weight is 414 g/mol. The fourth-order valence-electron chi connectivity index (χ4n) is 3.89. The van der Waals surface area contributed by atoms with E-state index in [1.165, 1.54) is 5.56 Å². The highest BCUT2D eigenvalue weighted by atomic mass is 79.9. The molecule has 2 aliphatic heterocycles. The maximum atomic E-state index is 6.32. The molecule has 26 heavy (non-hydrogen) atoms. The molecule has 2 aliphatic rings. The molecule has 2 saturated heterocycles. The fraction of sp³-hybridized carbons (Fsp3) is 0.350. The van der Waals surface area contributed by atoms with Crippen molar-refractivity contribution in [3.63, 3.8) is 0 Å². The number of nitrogens with zero attached hydrogens (tertiary/aromatic N) is 1.